The molecule has 1 atom stereocenters. The van der Waals surface area contributed by atoms with Crippen molar-refractivity contribution in [2.24, 2.45) is 0 Å². The summed E-state index contributed by atoms with van der Waals surface area (Å²) in [6.45, 7) is 3.40. The lowest BCUT2D eigenvalue weighted by Crippen LogP contribution is -2.35. The van der Waals surface area contributed by atoms with Crippen LogP contribution < -0.4 is 10.7 Å². The summed E-state index contributed by atoms with van der Waals surface area (Å²) in [5.41, 5.74) is -0.471. The number of hydrogen-bond donors (Lipinski definition) is 0. The van der Waals surface area contributed by atoms with Crippen molar-refractivity contribution >= 4 is 39.4 Å². The van der Waals surface area contributed by atoms with Crippen molar-refractivity contribution in [1.29, 1.82) is 0 Å². The number of carbonyl (C=O) groups excluding carboxylic acids is 1. The molecule has 1 unspecified atom stereocenters. The summed E-state index contributed by atoms with van der Waals surface area (Å²) in [6.07, 6.45) is 2.02. The van der Waals surface area contributed by atoms with E-state index in [9.17, 15) is 14.7 Å². The van der Waals surface area contributed by atoms with Gasteiger partial charge in [0, 0.05) is 40.5 Å². The minimum Gasteiger partial charge on any atom is -0.868 e. The number of hydrogen-bond acceptors (Lipinski definition) is 4. The van der Waals surface area contributed by atoms with Crippen molar-refractivity contribution in [3.05, 3.63) is 33.6 Å². The van der Waals surface area contributed by atoms with Crippen molar-refractivity contribution in [1.82, 2.24) is 4.90 Å². The molecule has 3 rings (SSSR count). The fraction of sp³-hybridized carbons (Fsp3) is 0.412. The van der Waals surface area contributed by atoms with Gasteiger partial charge < -0.3 is 14.4 Å². The van der Waals surface area contributed by atoms with Crippen LogP contribution in [-0.2, 0) is 15.7 Å². The maximum Gasteiger partial charge on any atom is 0.391 e. The highest BCUT2D eigenvalue weighted by Gasteiger charge is 2.32. The van der Waals surface area contributed by atoms with Gasteiger partial charge in [0.1, 0.15) is 11.3 Å². The lowest BCUT2D eigenvalue weighted by Gasteiger charge is -2.17. The predicted octanol–water partition coefficient (Wildman–Crippen LogP) is 2.14. The summed E-state index contributed by atoms with van der Waals surface area (Å²) in [4.78, 5) is 26.6. The number of halogens is 1. The number of amides is 1. The third-order valence-electron chi connectivity index (χ3n) is 4.18. The van der Waals surface area contributed by atoms with Gasteiger partial charge in [0.15, 0.2) is 5.75 Å². The standard InChI is InChI=1S/C17H18ClNO4S/c1-2-24(10-14(20)19-7-3-4-8-19)16-15(21)12-6-5-11(18)9-13(12)23-17(16)22/h5-6,9H,2-4,7-8,10H2,1H3. The molecule has 5 nitrogen and oxygen atoms in total. The molecule has 0 aliphatic carbocycles. The normalized spacial score (nSPS) is 15.8. The average Bonchev–Trinajstić information content (AvgIpc) is 3.07. The van der Waals surface area contributed by atoms with Gasteiger partial charge in [-0.25, -0.2) is 4.79 Å². The SMILES string of the molecule is CC[S+](CC(=O)N1CCCC1)c1c([O-])c2ccc(Cl)cc2oc1=O. The number of carbonyl (C=O) groups is 1. The van der Waals surface area contributed by atoms with Crippen LogP contribution in [-0.4, -0.2) is 35.4 Å². The molecule has 24 heavy (non-hydrogen) atoms. The Labute approximate surface area is 147 Å². The van der Waals surface area contributed by atoms with E-state index in [0.717, 1.165) is 25.9 Å². The largest absolute Gasteiger partial charge is 0.868 e. The molecule has 1 fully saturated rings. The summed E-state index contributed by atoms with van der Waals surface area (Å²) in [5.74, 6) is 0.402. The van der Waals surface area contributed by atoms with Gasteiger partial charge in [-0.2, -0.15) is 0 Å². The summed E-state index contributed by atoms with van der Waals surface area (Å²) in [5, 5.41) is 13.5. The van der Waals surface area contributed by atoms with E-state index in [1.165, 1.54) is 6.07 Å². The number of likely N-dealkylation sites (tertiary alicyclic amines) is 1. The van der Waals surface area contributed by atoms with E-state index in [0.29, 0.717) is 16.2 Å². The van der Waals surface area contributed by atoms with Crippen LogP contribution in [0.25, 0.3) is 11.0 Å². The minimum atomic E-state index is -0.748. The zero-order valence-electron chi connectivity index (χ0n) is 13.3. The van der Waals surface area contributed by atoms with E-state index >= 15 is 0 Å². The number of benzene rings is 1. The summed E-state index contributed by atoms with van der Waals surface area (Å²) in [7, 11) is -0.748. The van der Waals surface area contributed by atoms with Gasteiger partial charge >= 0.3 is 5.63 Å². The van der Waals surface area contributed by atoms with Gasteiger partial charge in [-0.1, -0.05) is 17.7 Å². The Morgan fingerprint density at radius 2 is 2.08 bits per heavy atom. The fourth-order valence-corrected chi connectivity index (χ4v) is 4.83. The number of rotatable bonds is 4. The Morgan fingerprint density at radius 1 is 1.38 bits per heavy atom. The summed E-state index contributed by atoms with van der Waals surface area (Å²) in [6, 6.07) is 4.61. The molecule has 1 amide bonds. The Bertz CT molecular complexity index is 829. The fourth-order valence-electron chi connectivity index (χ4n) is 2.90. The van der Waals surface area contributed by atoms with Gasteiger partial charge in [0.2, 0.25) is 4.90 Å². The molecule has 0 bridgehead atoms. The topological polar surface area (TPSA) is 73.6 Å². The maximum absolute atomic E-state index is 12.7. The van der Waals surface area contributed by atoms with Crippen molar-refractivity contribution in [3.8, 4) is 5.75 Å². The van der Waals surface area contributed by atoms with Gasteiger partial charge in [-0.05, 0) is 31.6 Å². The first-order valence-corrected chi connectivity index (χ1v) is 9.84. The smallest absolute Gasteiger partial charge is 0.391 e. The van der Waals surface area contributed by atoms with Gasteiger partial charge in [-0.15, -0.1) is 0 Å². The number of nitrogens with zero attached hydrogens (tertiary/aromatic N) is 1. The van der Waals surface area contributed by atoms with Crippen LogP contribution >= 0.6 is 11.6 Å². The first kappa shape index (κ1) is 17.2. The second kappa shape index (κ2) is 7.07. The van der Waals surface area contributed by atoms with E-state index in [4.69, 9.17) is 16.0 Å². The molecule has 2 heterocycles. The van der Waals surface area contributed by atoms with E-state index in [2.05, 4.69) is 0 Å². The van der Waals surface area contributed by atoms with Crippen LogP contribution in [0.3, 0.4) is 0 Å². The predicted molar refractivity (Wildman–Crippen MR) is 93.8 cm³/mol. The lowest BCUT2D eigenvalue weighted by molar-refractivity contribution is -0.270. The highest BCUT2D eigenvalue weighted by molar-refractivity contribution is 7.97. The van der Waals surface area contributed by atoms with Crippen LogP contribution in [0.15, 0.2) is 32.3 Å². The highest BCUT2D eigenvalue weighted by Crippen LogP contribution is 2.30. The third kappa shape index (κ3) is 3.26. The first-order chi connectivity index (χ1) is 11.5. The van der Waals surface area contributed by atoms with Crippen molar-refractivity contribution in [3.63, 3.8) is 0 Å². The van der Waals surface area contributed by atoms with Crippen LogP contribution in [0.2, 0.25) is 5.02 Å². The average molecular weight is 368 g/mol. The van der Waals surface area contributed by atoms with Crippen molar-refractivity contribution in [2.45, 2.75) is 24.7 Å². The monoisotopic (exact) mass is 367 g/mol. The molecular weight excluding hydrogens is 350 g/mol. The van der Waals surface area contributed by atoms with Crippen molar-refractivity contribution < 1.29 is 14.3 Å². The van der Waals surface area contributed by atoms with Gasteiger partial charge in [0.25, 0.3) is 5.91 Å². The second-order valence-electron chi connectivity index (χ2n) is 5.70. The van der Waals surface area contributed by atoms with E-state index in [-0.39, 0.29) is 27.9 Å². The summed E-state index contributed by atoms with van der Waals surface area (Å²) >= 11 is 5.88. The van der Waals surface area contributed by atoms with Crippen LogP contribution in [0.4, 0.5) is 0 Å². The molecule has 1 aromatic heterocycles. The molecular formula is C17H18ClNO4S. The lowest BCUT2D eigenvalue weighted by atomic mass is 10.2. The molecule has 0 saturated carbocycles. The van der Waals surface area contributed by atoms with Gasteiger partial charge in [0.05, 0.1) is 0 Å². The molecule has 1 aromatic carbocycles. The third-order valence-corrected chi connectivity index (χ3v) is 6.63. The van der Waals surface area contributed by atoms with Crippen molar-refractivity contribution in [2.75, 3.05) is 24.6 Å². The van der Waals surface area contributed by atoms with Crippen LogP contribution in [0, 0.1) is 0 Å². The maximum atomic E-state index is 12.7. The van der Waals surface area contributed by atoms with Crippen LogP contribution in [0.5, 0.6) is 5.75 Å². The second-order valence-corrected chi connectivity index (χ2v) is 8.40. The molecule has 0 radical (unpaired) electrons. The number of fused-ring (bicyclic) bond motifs is 1. The van der Waals surface area contributed by atoms with E-state index < -0.39 is 16.5 Å². The Balaban J connectivity index is 1.97. The molecule has 1 aliphatic heterocycles. The van der Waals surface area contributed by atoms with Gasteiger partial charge in [-0.3, -0.25) is 4.79 Å². The molecule has 1 saturated heterocycles. The van der Waals surface area contributed by atoms with E-state index in [1.807, 2.05) is 11.8 Å². The zero-order chi connectivity index (χ0) is 17.3. The Kier molecular flexibility index (Phi) is 5.06. The Hall–Kier alpha value is -1.66. The minimum absolute atomic E-state index is 0.00712. The zero-order valence-corrected chi connectivity index (χ0v) is 14.9. The highest BCUT2D eigenvalue weighted by atomic mass is 35.5. The molecule has 1 aliphatic rings. The quantitative estimate of drug-likeness (QED) is 0.613. The molecule has 128 valence electrons. The van der Waals surface area contributed by atoms with E-state index in [1.54, 1.807) is 12.1 Å². The molecule has 7 heteroatoms. The first-order valence-electron chi connectivity index (χ1n) is 7.90. The van der Waals surface area contributed by atoms with Crippen LogP contribution in [0.1, 0.15) is 19.8 Å². The molecule has 0 spiro atoms. The molecule has 0 N–H and O–H groups in total. The molecule has 2 aromatic rings. The summed E-state index contributed by atoms with van der Waals surface area (Å²) < 4.78 is 5.29. The Morgan fingerprint density at radius 3 is 2.75 bits per heavy atom.